The first-order valence-electron chi connectivity index (χ1n) is 5.61. The summed E-state index contributed by atoms with van der Waals surface area (Å²) in [6.45, 7) is 6.20. The van der Waals surface area contributed by atoms with Gasteiger partial charge in [-0.25, -0.2) is 4.98 Å². The predicted molar refractivity (Wildman–Crippen MR) is 74.5 cm³/mol. The topological polar surface area (TPSA) is 50.9 Å². The molecule has 1 unspecified atom stereocenters. The highest BCUT2D eigenvalue weighted by Crippen LogP contribution is 2.24. The van der Waals surface area contributed by atoms with Gasteiger partial charge in [-0.05, 0) is 44.5 Å². The number of aromatic nitrogens is 1. The van der Waals surface area contributed by atoms with Gasteiger partial charge in [0.1, 0.15) is 5.01 Å². The fraction of sp³-hybridized carbons (Fsp3) is 0.308. The molecule has 0 amide bonds. The monoisotopic (exact) mass is 247 g/mol. The molecule has 2 aromatic rings. The van der Waals surface area contributed by atoms with Gasteiger partial charge in [0, 0.05) is 22.4 Å². The third kappa shape index (κ3) is 2.77. The summed E-state index contributed by atoms with van der Waals surface area (Å²) >= 11 is 1.72. The molecule has 0 aliphatic carbocycles. The molecule has 4 heteroatoms. The van der Waals surface area contributed by atoms with Gasteiger partial charge in [-0.15, -0.1) is 11.3 Å². The molecule has 3 nitrogen and oxygen atoms in total. The number of rotatable bonds is 3. The van der Waals surface area contributed by atoms with Gasteiger partial charge in [0.25, 0.3) is 0 Å². The molecule has 1 heterocycles. The maximum Gasteiger partial charge on any atom is 0.115 e. The van der Waals surface area contributed by atoms with Gasteiger partial charge in [0.2, 0.25) is 0 Å². The Kier molecular flexibility index (Phi) is 3.33. The summed E-state index contributed by atoms with van der Waals surface area (Å²) in [6, 6.07) is 6.21. The van der Waals surface area contributed by atoms with Crippen LogP contribution >= 0.6 is 11.3 Å². The molecule has 17 heavy (non-hydrogen) atoms. The third-order valence-corrected chi connectivity index (χ3v) is 3.76. The van der Waals surface area contributed by atoms with Crippen molar-refractivity contribution in [3.63, 3.8) is 0 Å². The van der Waals surface area contributed by atoms with Crippen molar-refractivity contribution in [3.8, 4) is 0 Å². The van der Waals surface area contributed by atoms with Crippen LogP contribution in [-0.2, 0) is 0 Å². The van der Waals surface area contributed by atoms with E-state index in [1.807, 2.05) is 25.3 Å². The molecule has 2 rings (SSSR count). The summed E-state index contributed by atoms with van der Waals surface area (Å²) in [5.41, 5.74) is 8.80. The van der Waals surface area contributed by atoms with E-state index in [1.54, 1.807) is 11.3 Å². The van der Waals surface area contributed by atoms with Crippen molar-refractivity contribution in [2.75, 3.05) is 11.1 Å². The molecule has 0 radical (unpaired) electrons. The molecule has 1 aromatic carbocycles. The highest BCUT2D eigenvalue weighted by molar-refractivity contribution is 7.11. The quantitative estimate of drug-likeness (QED) is 0.816. The van der Waals surface area contributed by atoms with Crippen molar-refractivity contribution < 1.29 is 0 Å². The van der Waals surface area contributed by atoms with Crippen molar-refractivity contribution in [1.82, 2.24) is 4.98 Å². The number of nitrogens with two attached hydrogens (primary N) is 1. The predicted octanol–water partition coefficient (Wildman–Crippen LogP) is 3.52. The lowest BCUT2D eigenvalue weighted by Gasteiger charge is -2.13. The Balaban J connectivity index is 2.12. The van der Waals surface area contributed by atoms with Gasteiger partial charge in [-0.2, -0.15) is 0 Å². The van der Waals surface area contributed by atoms with Gasteiger partial charge in [0.15, 0.2) is 0 Å². The van der Waals surface area contributed by atoms with E-state index in [-0.39, 0.29) is 6.04 Å². The standard InChI is InChI=1S/C13H17N3S/c1-8-6-11(4-5-12(8)14)16-10(3)13-15-7-9(2)17-13/h4-7,10,16H,14H2,1-3H3. The molecule has 0 saturated heterocycles. The molecule has 0 saturated carbocycles. The first-order chi connectivity index (χ1) is 8.06. The molecule has 3 N–H and O–H groups in total. The summed E-state index contributed by atoms with van der Waals surface area (Å²) in [4.78, 5) is 5.62. The van der Waals surface area contributed by atoms with Crippen LogP contribution in [0.25, 0.3) is 0 Å². The van der Waals surface area contributed by atoms with E-state index >= 15 is 0 Å². The minimum absolute atomic E-state index is 0.219. The molecule has 1 atom stereocenters. The minimum Gasteiger partial charge on any atom is -0.399 e. The van der Waals surface area contributed by atoms with E-state index in [0.29, 0.717) is 0 Å². The van der Waals surface area contributed by atoms with Crippen LogP contribution in [0.15, 0.2) is 24.4 Å². The fourth-order valence-electron chi connectivity index (χ4n) is 1.65. The van der Waals surface area contributed by atoms with Crippen LogP contribution in [0, 0.1) is 13.8 Å². The number of thiazole rings is 1. The number of anilines is 2. The maximum absolute atomic E-state index is 5.80. The zero-order chi connectivity index (χ0) is 12.4. The number of aryl methyl sites for hydroxylation is 2. The van der Waals surface area contributed by atoms with E-state index in [2.05, 4.69) is 30.2 Å². The van der Waals surface area contributed by atoms with Crippen LogP contribution in [0.3, 0.4) is 0 Å². The van der Waals surface area contributed by atoms with Gasteiger partial charge in [-0.3, -0.25) is 0 Å². The largest absolute Gasteiger partial charge is 0.399 e. The van der Waals surface area contributed by atoms with Crippen molar-refractivity contribution >= 4 is 22.7 Å². The summed E-state index contributed by atoms with van der Waals surface area (Å²) in [5, 5.41) is 4.54. The van der Waals surface area contributed by atoms with E-state index in [9.17, 15) is 0 Å². The van der Waals surface area contributed by atoms with E-state index in [0.717, 1.165) is 21.9 Å². The molecule has 0 fully saturated rings. The molecule has 0 spiro atoms. The Morgan fingerprint density at radius 1 is 1.35 bits per heavy atom. The number of hydrogen-bond donors (Lipinski definition) is 2. The van der Waals surface area contributed by atoms with Crippen LogP contribution in [-0.4, -0.2) is 4.98 Å². The van der Waals surface area contributed by atoms with Crippen LogP contribution in [0.2, 0.25) is 0 Å². The summed E-state index contributed by atoms with van der Waals surface area (Å²) < 4.78 is 0. The van der Waals surface area contributed by atoms with Gasteiger partial charge in [-0.1, -0.05) is 0 Å². The van der Waals surface area contributed by atoms with Crippen molar-refractivity contribution in [3.05, 3.63) is 39.8 Å². The molecule has 0 aliphatic rings. The van der Waals surface area contributed by atoms with Crippen molar-refractivity contribution in [1.29, 1.82) is 0 Å². The molecule has 0 bridgehead atoms. The van der Waals surface area contributed by atoms with Crippen LogP contribution in [0.1, 0.15) is 28.4 Å². The first-order valence-corrected chi connectivity index (χ1v) is 6.43. The summed E-state index contributed by atoms with van der Waals surface area (Å²) in [7, 11) is 0. The second-order valence-corrected chi connectivity index (χ2v) is 5.51. The van der Waals surface area contributed by atoms with Crippen LogP contribution < -0.4 is 11.1 Å². The van der Waals surface area contributed by atoms with Crippen molar-refractivity contribution in [2.45, 2.75) is 26.8 Å². The number of benzene rings is 1. The first kappa shape index (κ1) is 11.9. The second-order valence-electron chi connectivity index (χ2n) is 4.25. The summed E-state index contributed by atoms with van der Waals surface area (Å²) in [5.74, 6) is 0. The van der Waals surface area contributed by atoms with Crippen LogP contribution in [0.4, 0.5) is 11.4 Å². The van der Waals surface area contributed by atoms with Gasteiger partial charge in [0.05, 0.1) is 6.04 Å². The zero-order valence-corrected chi connectivity index (χ0v) is 11.1. The minimum atomic E-state index is 0.219. The fourth-order valence-corrected chi connectivity index (χ4v) is 2.43. The van der Waals surface area contributed by atoms with Gasteiger partial charge < -0.3 is 11.1 Å². The third-order valence-electron chi connectivity index (χ3n) is 2.66. The molecule has 0 aliphatic heterocycles. The molecular weight excluding hydrogens is 230 g/mol. The Bertz CT molecular complexity index is 519. The van der Waals surface area contributed by atoms with Crippen molar-refractivity contribution in [2.24, 2.45) is 0 Å². The van der Waals surface area contributed by atoms with Gasteiger partial charge >= 0.3 is 0 Å². The highest BCUT2D eigenvalue weighted by atomic mass is 32.1. The Morgan fingerprint density at radius 2 is 2.12 bits per heavy atom. The average Bonchev–Trinajstić information content (AvgIpc) is 2.70. The van der Waals surface area contributed by atoms with E-state index < -0.39 is 0 Å². The molecule has 90 valence electrons. The number of hydrogen-bond acceptors (Lipinski definition) is 4. The SMILES string of the molecule is Cc1cnc(C(C)Nc2ccc(N)c(C)c2)s1. The zero-order valence-electron chi connectivity index (χ0n) is 10.3. The second kappa shape index (κ2) is 4.75. The molecule has 1 aromatic heterocycles. The lowest BCUT2D eigenvalue weighted by atomic mass is 10.1. The Labute approximate surface area is 106 Å². The lowest BCUT2D eigenvalue weighted by molar-refractivity contribution is 0.869. The number of nitrogen functional groups attached to an aromatic ring is 1. The average molecular weight is 247 g/mol. The Hall–Kier alpha value is -1.55. The smallest absolute Gasteiger partial charge is 0.115 e. The summed E-state index contributed by atoms with van der Waals surface area (Å²) in [6.07, 6.45) is 1.91. The molecular formula is C13H17N3S. The number of nitrogens with zero attached hydrogens (tertiary/aromatic N) is 1. The Morgan fingerprint density at radius 3 is 2.71 bits per heavy atom. The van der Waals surface area contributed by atoms with E-state index in [1.165, 1.54) is 4.88 Å². The van der Waals surface area contributed by atoms with Crippen LogP contribution in [0.5, 0.6) is 0 Å². The number of nitrogens with one attached hydrogen (secondary N) is 1. The maximum atomic E-state index is 5.80. The normalized spacial score (nSPS) is 12.4. The highest BCUT2D eigenvalue weighted by Gasteiger charge is 2.09. The lowest BCUT2D eigenvalue weighted by Crippen LogP contribution is -2.06. The van der Waals surface area contributed by atoms with E-state index in [4.69, 9.17) is 5.73 Å².